The maximum Gasteiger partial charge on any atom is 0.160 e. The number of carbonyl (C=O) groups is 1. The lowest BCUT2D eigenvalue weighted by atomic mass is 9.60. The van der Waals surface area contributed by atoms with E-state index in [0.717, 1.165) is 56.9 Å². The number of ketones is 1. The highest BCUT2D eigenvalue weighted by atomic mass is 16.7. The Balaban J connectivity index is 1.62. The van der Waals surface area contributed by atoms with Crippen LogP contribution < -0.4 is 4.74 Å². The molecule has 28 heavy (non-hydrogen) atoms. The Labute approximate surface area is 168 Å². The van der Waals surface area contributed by atoms with Crippen LogP contribution in [0.15, 0.2) is 18.2 Å². The van der Waals surface area contributed by atoms with Crippen molar-refractivity contribution >= 4 is 5.78 Å². The Morgan fingerprint density at radius 2 is 2.00 bits per heavy atom. The molecule has 1 saturated carbocycles. The number of carbonyl (C=O) groups excluding carboxylic acids is 1. The summed E-state index contributed by atoms with van der Waals surface area (Å²) in [6.07, 6.45) is 6.75. The lowest BCUT2D eigenvalue weighted by Gasteiger charge is -2.50. The topological polar surface area (TPSA) is 48.0 Å². The second-order valence-corrected chi connectivity index (χ2v) is 8.67. The molecule has 1 aromatic rings. The van der Waals surface area contributed by atoms with Crippen molar-refractivity contribution in [1.29, 1.82) is 0 Å². The summed E-state index contributed by atoms with van der Waals surface area (Å²) in [6.45, 7) is 2.11. The highest BCUT2D eigenvalue weighted by molar-refractivity contribution is 5.97. The second-order valence-electron chi connectivity index (χ2n) is 8.67. The molecule has 1 aromatic carbocycles. The number of benzene rings is 1. The Morgan fingerprint density at radius 3 is 2.68 bits per heavy atom. The van der Waals surface area contributed by atoms with Gasteiger partial charge in [-0.1, -0.05) is 6.07 Å². The third kappa shape index (κ3) is 3.60. The number of hydrogen-bond donors (Lipinski definition) is 0. The first-order valence-corrected chi connectivity index (χ1v) is 10.6. The number of piperidine rings is 1. The Morgan fingerprint density at radius 1 is 1.21 bits per heavy atom. The van der Waals surface area contributed by atoms with Crippen LogP contribution in [0.3, 0.4) is 0 Å². The minimum absolute atomic E-state index is 0.0379. The highest BCUT2D eigenvalue weighted by Gasteiger charge is 2.53. The summed E-state index contributed by atoms with van der Waals surface area (Å²) < 4.78 is 16.2. The van der Waals surface area contributed by atoms with Gasteiger partial charge < -0.3 is 14.2 Å². The zero-order valence-electron chi connectivity index (χ0n) is 17.4. The first-order valence-electron chi connectivity index (χ1n) is 10.6. The third-order valence-electron chi connectivity index (χ3n) is 7.05. The summed E-state index contributed by atoms with van der Waals surface area (Å²) in [5.41, 5.74) is 2.13. The molecule has 2 atom stereocenters. The van der Waals surface area contributed by atoms with E-state index in [9.17, 15) is 4.79 Å². The predicted molar refractivity (Wildman–Crippen MR) is 108 cm³/mol. The molecule has 1 aliphatic heterocycles. The van der Waals surface area contributed by atoms with E-state index in [4.69, 9.17) is 14.2 Å². The summed E-state index contributed by atoms with van der Waals surface area (Å²) >= 11 is 0. The molecule has 5 nitrogen and oxygen atoms in total. The molecule has 1 saturated heterocycles. The first-order chi connectivity index (χ1) is 13.6. The number of methoxy groups -OCH3 is 3. The van der Waals surface area contributed by atoms with Crippen molar-refractivity contribution in [1.82, 2.24) is 4.90 Å². The van der Waals surface area contributed by atoms with Crippen molar-refractivity contribution in [3.8, 4) is 5.75 Å². The molecule has 0 aromatic heterocycles. The van der Waals surface area contributed by atoms with E-state index in [1.54, 1.807) is 21.3 Å². The van der Waals surface area contributed by atoms with Crippen LogP contribution in [0.2, 0.25) is 0 Å². The molecule has 2 unspecified atom stereocenters. The lowest BCUT2D eigenvalue weighted by Crippen LogP contribution is -2.61. The Hall–Kier alpha value is -1.43. The standard InChI is InChI=1S/C23H33NO4/c1-26-18-9-8-17-13-20-22(25)23(19(17)14-18,10-4-5-21(27-2)28-3)11-12-24(20)15-16-6-7-16/h8-9,14,16,20-21H,4-7,10-13,15H2,1-3H3. The minimum atomic E-state index is -0.390. The van der Waals surface area contributed by atoms with Gasteiger partial charge >= 0.3 is 0 Å². The van der Waals surface area contributed by atoms with E-state index in [-0.39, 0.29) is 12.3 Å². The fraction of sp³-hybridized carbons (Fsp3) is 0.696. The van der Waals surface area contributed by atoms with Crippen LogP contribution in [0.1, 0.15) is 49.7 Å². The van der Waals surface area contributed by atoms with E-state index in [0.29, 0.717) is 5.78 Å². The quantitative estimate of drug-likeness (QED) is 0.608. The van der Waals surface area contributed by atoms with Crippen LogP contribution in [-0.4, -0.2) is 57.4 Å². The Bertz CT molecular complexity index is 713. The van der Waals surface area contributed by atoms with Gasteiger partial charge in [0.25, 0.3) is 0 Å². The van der Waals surface area contributed by atoms with Crippen LogP contribution in [0.5, 0.6) is 5.75 Å². The average molecular weight is 388 g/mol. The molecule has 2 aliphatic carbocycles. The number of nitrogens with zero attached hydrogens (tertiary/aromatic N) is 1. The zero-order valence-corrected chi connectivity index (χ0v) is 17.4. The Kier molecular flexibility index (Phi) is 5.77. The molecular weight excluding hydrogens is 354 g/mol. The smallest absolute Gasteiger partial charge is 0.160 e. The van der Waals surface area contributed by atoms with Gasteiger partial charge in [-0.3, -0.25) is 9.69 Å². The van der Waals surface area contributed by atoms with Gasteiger partial charge in [-0.25, -0.2) is 0 Å². The molecule has 3 aliphatic rings. The predicted octanol–water partition coefficient (Wildman–Crippen LogP) is 3.33. The van der Waals surface area contributed by atoms with Gasteiger partial charge in [0.15, 0.2) is 12.1 Å². The van der Waals surface area contributed by atoms with Gasteiger partial charge in [-0.2, -0.15) is 0 Å². The number of fused-ring (bicyclic) bond motifs is 4. The van der Waals surface area contributed by atoms with E-state index in [2.05, 4.69) is 17.0 Å². The monoisotopic (exact) mass is 387 g/mol. The van der Waals surface area contributed by atoms with Crippen molar-refractivity contribution < 1.29 is 19.0 Å². The minimum Gasteiger partial charge on any atom is -0.497 e. The summed E-state index contributed by atoms with van der Waals surface area (Å²) in [4.78, 5) is 16.2. The van der Waals surface area contributed by atoms with Gasteiger partial charge in [-0.05, 0) is 74.1 Å². The van der Waals surface area contributed by atoms with Crippen LogP contribution in [0.25, 0.3) is 0 Å². The fourth-order valence-electron chi connectivity index (χ4n) is 5.24. The molecule has 2 bridgehead atoms. The summed E-state index contributed by atoms with van der Waals surface area (Å²) in [5, 5.41) is 0. The van der Waals surface area contributed by atoms with Crippen molar-refractivity contribution in [2.45, 2.75) is 62.7 Å². The molecule has 2 fully saturated rings. The van der Waals surface area contributed by atoms with Crippen LogP contribution in [-0.2, 0) is 26.1 Å². The van der Waals surface area contributed by atoms with Crippen LogP contribution in [0.4, 0.5) is 0 Å². The van der Waals surface area contributed by atoms with Gasteiger partial charge in [0.1, 0.15) is 5.75 Å². The van der Waals surface area contributed by atoms with E-state index in [1.807, 2.05) is 6.07 Å². The number of ether oxygens (including phenoxy) is 3. The van der Waals surface area contributed by atoms with Crippen LogP contribution in [0, 0.1) is 5.92 Å². The molecule has 0 amide bonds. The molecule has 0 N–H and O–H groups in total. The van der Waals surface area contributed by atoms with E-state index < -0.39 is 5.41 Å². The van der Waals surface area contributed by atoms with Gasteiger partial charge in [0.2, 0.25) is 0 Å². The number of Topliss-reactive ketones (excluding diaryl/α,β-unsaturated/α-hetero) is 1. The first kappa shape index (κ1) is 19.9. The van der Waals surface area contributed by atoms with E-state index >= 15 is 0 Å². The molecule has 0 radical (unpaired) electrons. The van der Waals surface area contributed by atoms with Crippen molar-refractivity contribution in [2.24, 2.45) is 5.92 Å². The van der Waals surface area contributed by atoms with Crippen molar-refractivity contribution in [3.05, 3.63) is 29.3 Å². The molecule has 154 valence electrons. The summed E-state index contributed by atoms with van der Waals surface area (Å²) in [5.74, 6) is 2.07. The molecule has 1 heterocycles. The third-order valence-corrected chi connectivity index (χ3v) is 7.05. The largest absolute Gasteiger partial charge is 0.497 e. The number of hydrogen-bond acceptors (Lipinski definition) is 5. The highest BCUT2D eigenvalue weighted by Crippen LogP contribution is 2.47. The van der Waals surface area contributed by atoms with Crippen LogP contribution >= 0.6 is 0 Å². The van der Waals surface area contributed by atoms with Crippen molar-refractivity contribution in [2.75, 3.05) is 34.4 Å². The number of rotatable bonds is 9. The molecule has 4 rings (SSSR count). The van der Waals surface area contributed by atoms with Gasteiger partial charge in [0.05, 0.1) is 18.6 Å². The molecular formula is C23H33NO4. The SMILES string of the molecule is COc1ccc2c(c1)C1(CCCC(OC)OC)CCN(CC3CC3)C(C2)C1=O. The van der Waals surface area contributed by atoms with Gasteiger partial charge in [-0.15, -0.1) is 0 Å². The lowest BCUT2D eigenvalue weighted by molar-refractivity contribution is -0.137. The second kappa shape index (κ2) is 8.13. The normalized spacial score (nSPS) is 27.1. The maximum atomic E-state index is 13.8. The van der Waals surface area contributed by atoms with Crippen molar-refractivity contribution in [3.63, 3.8) is 0 Å². The van der Waals surface area contributed by atoms with E-state index in [1.165, 1.54) is 24.0 Å². The molecule has 5 heteroatoms. The summed E-state index contributed by atoms with van der Waals surface area (Å²) in [7, 11) is 5.04. The average Bonchev–Trinajstić information content (AvgIpc) is 3.53. The maximum absolute atomic E-state index is 13.8. The molecule has 0 spiro atoms. The zero-order chi connectivity index (χ0) is 19.7. The summed E-state index contributed by atoms with van der Waals surface area (Å²) in [6, 6.07) is 6.37. The number of likely N-dealkylation sites (tertiary alicyclic amines) is 1. The van der Waals surface area contributed by atoms with Gasteiger partial charge in [0, 0.05) is 27.3 Å². The fourth-order valence-corrected chi connectivity index (χ4v) is 5.24.